The van der Waals surface area contributed by atoms with Gasteiger partial charge in [-0.1, -0.05) is 72.3 Å². The van der Waals surface area contributed by atoms with Gasteiger partial charge in [-0.2, -0.15) is 9.78 Å². The Morgan fingerprint density at radius 2 is 1.56 bits per heavy atom. The van der Waals surface area contributed by atoms with Crippen LogP contribution in [0.25, 0.3) is 5.69 Å². The number of carbonyl (C=O) groups excluding carboxylic acids is 1. The SMILES string of the molecule is Cc1ccc(-n2nc(C(=O)NC(C)c3ccccc3)c(=O)n(Cc3ccccc3C)c2=O)cc1. The Morgan fingerprint density at radius 1 is 0.912 bits per heavy atom. The molecule has 0 saturated heterocycles. The highest BCUT2D eigenvalue weighted by Crippen LogP contribution is 2.12. The second-order valence-corrected chi connectivity index (χ2v) is 8.30. The van der Waals surface area contributed by atoms with Gasteiger partial charge in [-0.3, -0.25) is 14.2 Å². The Bertz CT molecular complexity index is 1440. The first-order chi connectivity index (χ1) is 16.3. The molecular weight excluding hydrogens is 428 g/mol. The minimum absolute atomic E-state index is 0.0350. The van der Waals surface area contributed by atoms with Crippen LogP contribution in [0.3, 0.4) is 0 Å². The summed E-state index contributed by atoms with van der Waals surface area (Å²) < 4.78 is 2.18. The van der Waals surface area contributed by atoms with E-state index in [2.05, 4.69) is 10.4 Å². The molecule has 0 aliphatic heterocycles. The standard InChI is InChI=1S/C27H26N4O3/c1-18-13-15-23(16-14-18)31-27(34)30(17-22-12-8-7-9-19(22)2)26(33)24(29-31)25(32)28-20(3)21-10-5-4-6-11-21/h4-16,20H,17H2,1-3H3,(H,28,32). The lowest BCUT2D eigenvalue weighted by molar-refractivity contribution is 0.0930. The van der Waals surface area contributed by atoms with Crippen LogP contribution in [0.5, 0.6) is 0 Å². The average molecular weight is 455 g/mol. The minimum Gasteiger partial charge on any atom is -0.344 e. The van der Waals surface area contributed by atoms with Crippen molar-refractivity contribution in [3.8, 4) is 5.69 Å². The van der Waals surface area contributed by atoms with Crippen molar-refractivity contribution in [3.63, 3.8) is 0 Å². The van der Waals surface area contributed by atoms with E-state index < -0.39 is 17.2 Å². The number of hydrogen-bond acceptors (Lipinski definition) is 4. The summed E-state index contributed by atoms with van der Waals surface area (Å²) in [5.74, 6) is -0.638. The third kappa shape index (κ3) is 4.73. The highest BCUT2D eigenvalue weighted by atomic mass is 16.2. The molecule has 172 valence electrons. The predicted octanol–water partition coefficient (Wildman–Crippen LogP) is 3.55. The topological polar surface area (TPSA) is 86.0 Å². The Kier molecular flexibility index (Phi) is 6.54. The summed E-state index contributed by atoms with van der Waals surface area (Å²) in [6.45, 7) is 5.71. The van der Waals surface area contributed by atoms with Gasteiger partial charge < -0.3 is 5.32 Å². The molecule has 3 aromatic carbocycles. The zero-order valence-corrected chi connectivity index (χ0v) is 19.4. The maximum Gasteiger partial charge on any atom is 0.352 e. The Labute approximate surface area is 197 Å². The molecular formula is C27H26N4O3. The van der Waals surface area contributed by atoms with Crippen LogP contribution in [-0.4, -0.2) is 20.3 Å². The van der Waals surface area contributed by atoms with E-state index in [9.17, 15) is 14.4 Å². The molecule has 1 unspecified atom stereocenters. The molecule has 0 aliphatic carbocycles. The molecule has 0 radical (unpaired) electrons. The number of aromatic nitrogens is 3. The molecule has 1 amide bonds. The van der Waals surface area contributed by atoms with Crippen molar-refractivity contribution in [2.24, 2.45) is 0 Å². The first-order valence-electron chi connectivity index (χ1n) is 11.1. The van der Waals surface area contributed by atoms with Crippen molar-refractivity contribution < 1.29 is 4.79 Å². The van der Waals surface area contributed by atoms with Gasteiger partial charge in [-0.25, -0.2) is 4.79 Å². The summed E-state index contributed by atoms with van der Waals surface area (Å²) in [5, 5.41) is 7.03. The number of benzene rings is 3. The summed E-state index contributed by atoms with van der Waals surface area (Å²) in [6, 6.07) is 23.8. The number of carbonyl (C=O) groups is 1. The van der Waals surface area contributed by atoms with Crippen molar-refractivity contribution in [1.29, 1.82) is 0 Å². The lowest BCUT2D eigenvalue weighted by Gasteiger charge is -2.16. The van der Waals surface area contributed by atoms with Crippen LogP contribution >= 0.6 is 0 Å². The fourth-order valence-electron chi connectivity index (χ4n) is 3.70. The number of nitrogens with one attached hydrogen (secondary N) is 1. The Balaban J connectivity index is 1.82. The highest BCUT2D eigenvalue weighted by molar-refractivity contribution is 5.92. The molecule has 0 saturated carbocycles. The smallest absolute Gasteiger partial charge is 0.344 e. The summed E-state index contributed by atoms with van der Waals surface area (Å²) in [6.07, 6.45) is 0. The predicted molar refractivity (Wildman–Crippen MR) is 131 cm³/mol. The van der Waals surface area contributed by atoms with Crippen LogP contribution in [0.1, 0.15) is 45.7 Å². The molecule has 4 aromatic rings. The van der Waals surface area contributed by atoms with Gasteiger partial charge in [0.05, 0.1) is 18.3 Å². The van der Waals surface area contributed by atoms with E-state index in [1.165, 1.54) is 0 Å². The third-order valence-corrected chi connectivity index (χ3v) is 5.79. The number of nitrogens with zero attached hydrogens (tertiary/aromatic N) is 3. The molecule has 0 bridgehead atoms. The summed E-state index contributed by atoms with van der Waals surface area (Å²) >= 11 is 0. The first kappa shape index (κ1) is 22.9. The second-order valence-electron chi connectivity index (χ2n) is 8.30. The van der Waals surface area contributed by atoms with E-state index in [1.54, 1.807) is 12.1 Å². The van der Waals surface area contributed by atoms with E-state index in [4.69, 9.17) is 0 Å². The lowest BCUT2D eigenvalue weighted by Crippen LogP contribution is -2.46. The van der Waals surface area contributed by atoms with Gasteiger partial charge in [0, 0.05) is 0 Å². The number of rotatable bonds is 6. The average Bonchev–Trinajstić information content (AvgIpc) is 2.84. The van der Waals surface area contributed by atoms with Crippen molar-refractivity contribution in [2.75, 3.05) is 0 Å². The zero-order valence-electron chi connectivity index (χ0n) is 19.4. The monoisotopic (exact) mass is 454 g/mol. The fraction of sp³-hybridized carbons (Fsp3) is 0.185. The van der Waals surface area contributed by atoms with Gasteiger partial charge in [-0.15, -0.1) is 0 Å². The zero-order chi connectivity index (χ0) is 24.2. The number of amides is 1. The molecule has 0 fully saturated rings. The third-order valence-electron chi connectivity index (χ3n) is 5.79. The van der Waals surface area contributed by atoms with Gasteiger partial charge in [0.2, 0.25) is 5.69 Å². The molecule has 1 aromatic heterocycles. The summed E-state index contributed by atoms with van der Waals surface area (Å²) in [4.78, 5) is 39.8. The largest absolute Gasteiger partial charge is 0.352 e. The van der Waals surface area contributed by atoms with Gasteiger partial charge in [0.25, 0.3) is 11.5 Å². The molecule has 34 heavy (non-hydrogen) atoms. The van der Waals surface area contributed by atoms with Gasteiger partial charge >= 0.3 is 5.69 Å². The molecule has 0 aliphatic rings. The minimum atomic E-state index is -0.727. The highest BCUT2D eigenvalue weighted by Gasteiger charge is 2.22. The van der Waals surface area contributed by atoms with Crippen LogP contribution in [0.15, 0.2) is 88.5 Å². The molecule has 1 heterocycles. The van der Waals surface area contributed by atoms with Crippen LogP contribution in [0.4, 0.5) is 0 Å². The summed E-state index contributed by atoms with van der Waals surface area (Å²) in [5.41, 5.74) is 2.46. The van der Waals surface area contributed by atoms with Crippen molar-refractivity contribution in [3.05, 3.63) is 128 Å². The van der Waals surface area contributed by atoms with Crippen molar-refractivity contribution in [2.45, 2.75) is 33.4 Å². The van der Waals surface area contributed by atoms with Crippen LogP contribution in [0.2, 0.25) is 0 Å². The van der Waals surface area contributed by atoms with Crippen molar-refractivity contribution >= 4 is 5.91 Å². The maximum atomic E-state index is 13.3. The van der Waals surface area contributed by atoms with E-state index in [0.29, 0.717) is 5.69 Å². The van der Waals surface area contributed by atoms with E-state index in [-0.39, 0.29) is 18.3 Å². The molecule has 1 N–H and O–H groups in total. The number of aryl methyl sites for hydroxylation is 2. The van der Waals surface area contributed by atoms with E-state index >= 15 is 0 Å². The van der Waals surface area contributed by atoms with Crippen LogP contribution in [-0.2, 0) is 6.54 Å². The normalized spacial score (nSPS) is 11.7. The van der Waals surface area contributed by atoms with Crippen molar-refractivity contribution in [1.82, 2.24) is 19.7 Å². The molecule has 1 atom stereocenters. The van der Waals surface area contributed by atoms with Crippen LogP contribution in [0, 0.1) is 13.8 Å². The Hall–Kier alpha value is -4.26. The van der Waals surface area contributed by atoms with E-state index in [0.717, 1.165) is 31.5 Å². The van der Waals surface area contributed by atoms with E-state index in [1.807, 2.05) is 87.5 Å². The Morgan fingerprint density at radius 3 is 2.24 bits per heavy atom. The molecule has 7 heteroatoms. The van der Waals surface area contributed by atoms with Gasteiger partial charge in [0.15, 0.2) is 0 Å². The van der Waals surface area contributed by atoms with Gasteiger partial charge in [0.1, 0.15) is 0 Å². The van der Waals surface area contributed by atoms with Crippen LogP contribution < -0.4 is 16.6 Å². The quantitative estimate of drug-likeness (QED) is 0.483. The van der Waals surface area contributed by atoms with Gasteiger partial charge in [-0.05, 0) is 49.6 Å². The molecule has 4 rings (SSSR count). The first-order valence-corrected chi connectivity index (χ1v) is 11.1. The number of hydrogen-bond donors (Lipinski definition) is 1. The lowest BCUT2D eigenvalue weighted by atomic mass is 10.1. The maximum absolute atomic E-state index is 13.3. The second kappa shape index (κ2) is 9.70. The molecule has 7 nitrogen and oxygen atoms in total. The molecule has 0 spiro atoms. The summed E-state index contributed by atoms with van der Waals surface area (Å²) in [7, 11) is 0. The fourth-order valence-corrected chi connectivity index (χ4v) is 3.70.